The average Bonchev–Trinajstić information content (AvgIpc) is 3.70. The fourth-order valence-electron chi connectivity index (χ4n) is 5.76. The molecule has 0 aliphatic rings. The first-order chi connectivity index (χ1) is 23.6. The van der Waals surface area contributed by atoms with Crippen molar-refractivity contribution in [2.24, 2.45) is 5.73 Å². The number of hydrogen-bond acceptors (Lipinski definition) is 7. The number of nitrogens with two attached hydrogens (primary N) is 1. The average molecular weight is 685 g/mol. The van der Waals surface area contributed by atoms with Crippen LogP contribution in [0, 0.1) is 0 Å². The van der Waals surface area contributed by atoms with Crippen molar-refractivity contribution >= 4 is 57.3 Å². The zero-order chi connectivity index (χ0) is 34.9. The smallest absolute Gasteiger partial charge is 0.326 e. The van der Waals surface area contributed by atoms with E-state index in [1.807, 2.05) is 54.8 Å². The first-order valence-corrected chi connectivity index (χ1v) is 17.3. The lowest BCUT2D eigenvalue weighted by atomic mass is 10.0. The van der Waals surface area contributed by atoms with Crippen LogP contribution in [0.2, 0.25) is 0 Å². The van der Waals surface area contributed by atoms with Crippen LogP contribution in [0.5, 0.6) is 5.75 Å². The number of amides is 3. The number of thioether (sulfide) groups is 1. The predicted molar refractivity (Wildman–Crippen MR) is 190 cm³/mol. The summed E-state index contributed by atoms with van der Waals surface area (Å²) in [6, 6.07) is 16.9. The molecule has 9 N–H and O–H groups in total. The molecule has 4 unspecified atom stereocenters. The number of aromatic hydroxyl groups is 1. The molecule has 3 amide bonds. The third-order valence-electron chi connectivity index (χ3n) is 8.42. The highest BCUT2D eigenvalue weighted by Crippen LogP contribution is 2.21. The minimum Gasteiger partial charge on any atom is -0.508 e. The van der Waals surface area contributed by atoms with Crippen molar-refractivity contribution in [1.29, 1.82) is 0 Å². The number of phenolic OH excluding ortho intramolecular Hbond substituents is 1. The van der Waals surface area contributed by atoms with E-state index in [1.54, 1.807) is 24.5 Å². The highest BCUT2D eigenvalue weighted by Gasteiger charge is 2.31. The number of aromatic nitrogens is 2. The zero-order valence-electron chi connectivity index (χ0n) is 26.9. The number of carboxylic acids is 1. The van der Waals surface area contributed by atoms with Gasteiger partial charge >= 0.3 is 5.97 Å². The van der Waals surface area contributed by atoms with Crippen LogP contribution < -0.4 is 21.7 Å². The first kappa shape index (κ1) is 35.0. The van der Waals surface area contributed by atoms with E-state index < -0.39 is 47.9 Å². The van der Waals surface area contributed by atoms with E-state index in [1.165, 1.54) is 23.9 Å². The molecule has 0 radical (unpaired) electrons. The minimum atomic E-state index is -1.25. The van der Waals surface area contributed by atoms with Crippen molar-refractivity contribution in [3.8, 4) is 5.75 Å². The number of benzene rings is 3. The van der Waals surface area contributed by atoms with Crippen LogP contribution in [0.25, 0.3) is 21.8 Å². The van der Waals surface area contributed by atoms with Gasteiger partial charge in [-0.3, -0.25) is 14.4 Å². The van der Waals surface area contributed by atoms with Gasteiger partial charge in [-0.05, 0) is 65.8 Å². The number of carboxylic acid groups (broad SMARTS) is 1. The van der Waals surface area contributed by atoms with E-state index >= 15 is 0 Å². The second-order valence-corrected chi connectivity index (χ2v) is 12.9. The quantitative estimate of drug-likeness (QED) is 0.0775. The monoisotopic (exact) mass is 684 g/mol. The molecule has 256 valence electrons. The number of nitrogens with one attached hydrogen (secondary N) is 5. The second kappa shape index (κ2) is 16.2. The van der Waals surface area contributed by atoms with Gasteiger partial charge in [-0.15, -0.1) is 0 Å². The highest BCUT2D eigenvalue weighted by molar-refractivity contribution is 7.98. The van der Waals surface area contributed by atoms with Gasteiger partial charge < -0.3 is 41.9 Å². The lowest BCUT2D eigenvalue weighted by Gasteiger charge is -2.25. The number of aliphatic carboxylic acids is 1. The van der Waals surface area contributed by atoms with Gasteiger partial charge in [-0.25, -0.2) is 4.79 Å². The molecular weight excluding hydrogens is 644 g/mol. The molecule has 3 aromatic carbocycles. The molecule has 5 aromatic rings. The van der Waals surface area contributed by atoms with Gasteiger partial charge in [0.25, 0.3) is 0 Å². The summed E-state index contributed by atoms with van der Waals surface area (Å²) in [4.78, 5) is 59.4. The topological polar surface area (TPSA) is 202 Å². The van der Waals surface area contributed by atoms with Crippen molar-refractivity contribution in [1.82, 2.24) is 25.9 Å². The predicted octanol–water partition coefficient (Wildman–Crippen LogP) is 3.00. The number of rotatable bonds is 16. The molecule has 49 heavy (non-hydrogen) atoms. The second-order valence-electron chi connectivity index (χ2n) is 11.9. The number of H-pyrrole nitrogens is 2. The zero-order valence-corrected chi connectivity index (χ0v) is 27.8. The SMILES string of the molecule is CSCCC(NC(=O)C(Cc1ccc(O)cc1)NC(=O)C(N)Cc1c[nH]c2ccccc12)C(=O)NC(Cc1c[nH]c2ccccc12)C(=O)O. The molecule has 12 nitrogen and oxygen atoms in total. The van der Waals surface area contributed by atoms with Gasteiger partial charge in [0.1, 0.15) is 23.9 Å². The summed E-state index contributed by atoms with van der Waals surface area (Å²) in [5.74, 6) is -2.51. The number of fused-ring (bicyclic) bond motifs is 2. The van der Waals surface area contributed by atoms with Crippen LogP contribution in [0.3, 0.4) is 0 Å². The molecule has 0 saturated carbocycles. The van der Waals surface area contributed by atoms with Gasteiger partial charge in [-0.1, -0.05) is 48.5 Å². The lowest BCUT2D eigenvalue weighted by Crippen LogP contribution is -2.58. The molecule has 5 rings (SSSR count). The van der Waals surface area contributed by atoms with E-state index in [-0.39, 0.29) is 31.4 Å². The Labute approximate surface area is 287 Å². The Kier molecular flexibility index (Phi) is 11.6. The van der Waals surface area contributed by atoms with Crippen LogP contribution in [-0.4, -0.2) is 80.0 Å². The first-order valence-electron chi connectivity index (χ1n) is 15.9. The van der Waals surface area contributed by atoms with Gasteiger partial charge in [-0.2, -0.15) is 11.8 Å². The van der Waals surface area contributed by atoms with Gasteiger partial charge in [0.15, 0.2) is 0 Å². The van der Waals surface area contributed by atoms with Crippen molar-refractivity contribution in [2.45, 2.75) is 49.9 Å². The molecule has 0 bridgehead atoms. The Morgan fingerprint density at radius 3 is 1.84 bits per heavy atom. The molecule has 0 spiro atoms. The third-order valence-corrected chi connectivity index (χ3v) is 9.06. The summed E-state index contributed by atoms with van der Waals surface area (Å²) >= 11 is 1.47. The highest BCUT2D eigenvalue weighted by atomic mass is 32.2. The van der Waals surface area contributed by atoms with Crippen molar-refractivity contribution in [3.05, 3.63) is 102 Å². The summed E-state index contributed by atoms with van der Waals surface area (Å²) in [5, 5.41) is 29.7. The number of para-hydroxylation sites is 2. The Morgan fingerprint density at radius 2 is 1.24 bits per heavy atom. The Balaban J connectivity index is 1.31. The summed E-state index contributed by atoms with van der Waals surface area (Å²) < 4.78 is 0. The number of carbonyl (C=O) groups is 4. The maximum atomic E-state index is 13.8. The van der Waals surface area contributed by atoms with Gasteiger partial charge in [0.05, 0.1) is 6.04 Å². The van der Waals surface area contributed by atoms with Gasteiger partial charge in [0.2, 0.25) is 17.7 Å². The maximum absolute atomic E-state index is 13.8. The van der Waals surface area contributed by atoms with E-state index in [0.717, 1.165) is 32.9 Å². The summed E-state index contributed by atoms with van der Waals surface area (Å²) in [5.41, 5.74) is 10.3. The summed E-state index contributed by atoms with van der Waals surface area (Å²) in [6.45, 7) is 0. The largest absolute Gasteiger partial charge is 0.508 e. The number of hydrogen-bond donors (Lipinski definition) is 8. The fourth-order valence-corrected chi connectivity index (χ4v) is 6.23. The molecule has 13 heteroatoms. The van der Waals surface area contributed by atoms with Crippen LogP contribution in [0.15, 0.2) is 85.2 Å². The standard InChI is InChI=1S/C36H40N6O6S/c1-49-15-14-30(34(45)42-32(36(47)48)18-23-20-39-29-9-5-3-7-26(23)29)40-35(46)31(16-21-10-12-24(43)13-11-21)41-33(44)27(37)17-22-19-38-28-8-4-2-6-25(22)28/h2-13,19-20,27,30-32,38-39,43H,14-18,37H2,1H3,(H,40,46)(H,41,44)(H,42,45)(H,47,48). The molecule has 2 aromatic heterocycles. The van der Waals surface area contributed by atoms with Crippen molar-refractivity contribution < 1.29 is 29.4 Å². The van der Waals surface area contributed by atoms with Gasteiger partial charge in [0, 0.05) is 47.0 Å². The molecule has 0 aliphatic carbocycles. The maximum Gasteiger partial charge on any atom is 0.326 e. The molecular formula is C36H40N6O6S. The Hall–Kier alpha value is -5.27. The summed E-state index contributed by atoms with van der Waals surface area (Å²) in [6.07, 6.45) is 5.90. The fraction of sp³-hybridized carbons (Fsp3) is 0.278. The van der Waals surface area contributed by atoms with Crippen LogP contribution in [0.4, 0.5) is 0 Å². The number of phenols is 1. The number of carbonyl (C=O) groups excluding carboxylic acids is 3. The normalized spacial score (nSPS) is 13.8. The van der Waals surface area contributed by atoms with Crippen molar-refractivity contribution in [2.75, 3.05) is 12.0 Å². The summed E-state index contributed by atoms with van der Waals surface area (Å²) in [7, 11) is 0. The molecule has 4 atom stereocenters. The Morgan fingerprint density at radius 1 is 0.714 bits per heavy atom. The van der Waals surface area contributed by atoms with Crippen LogP contribution in [0.1, 0.15) is 23.1 Å². The minimum absolute atomic E-state index is 0.0299. The molecule has 2 heterocycles. The van der Waals surface area contributed by atoms with E-state index in [4.69, 9.17) is 5.73 Å². The van der Waals surface area contributed by atoms with Crippen molar-refractivity contribution in [3.63, 3.8) is 0 Å². The third kappa shape index (κ3) is 9.00. The van der Waals surface area contributed by atoms with E-state index in [0.29, 0.717) is 11.3 Å². The van der Waals surface area contributed by atoms with E-state index in [9.17, 15) is 29.4 Å². The Bertz CT molecular complexity index is 1920. The molecule has 0 saturated heterocycles. The van der Waals surface area contributed by atoms with E-state index in [2.05, 4.69) is 25.9 Å². The molecule has 0 fully saturated rings. The lowest BCUT2D eigenvalue weighted by molar-refractivity contribution is -0.142. The molecule has 0 aliphatic heterocycles. The van der Waals surface area contributed by atoms with Crippen LogP contribution in [-0.2, 0) is 38.4 Å². The van der Waals surface area contributed by atoms with Crippen LogP contribution >= 0.6 is 11.8 Å². The number of aromatic amines is 2.